The Morgan fingerprint density at radius 1 is 0.400 bits per heavy atom. The molecule has 0 radical (unpaired) electrons. The van der Waals surface area contributed by atoms with Crippen molar-refractivity contribution in [3.8, 4) is 55.9 Å². The van der Waals surface area contributed by atoms with Gasteiger partial charge in [0.25, 0.3) is 0 Å². The summed E-state index contributed by atoms with van der Waals surface area (Å²) < 4.78 is 6.34. The van der Waals surface area contributed by atoms with E-state index in [1.165, 1.54) is 44.5 Å². The van der Waals surface area contributed by atoms with E-state index in [9.17, 15) is 0 Å². The van der Waals surface area contributed by atoms with E-state index in [1.807, 2.05) is 12.1 Å². The van der Waals surface area contributed by atoms with E-state index in [0.717, 1.165) is 50.0 Å². The highest BCUT2D eigenvalue weighted by Gasteiger charge is 2.32. The van der Waals surface area contributed by atoms with Gasteiger partial charge in [-0.2, -0.15) is 0 Å². The summed E-state index contributed by atoms with van der Waals surface area (Å²) in [5.74, 6) is 0.126. The lowest BCUT2D eigenvalue weighted by molar-refractivity contribution is 0.669. The van der Waals surface area contributed by atoms with Gasteiger partial charge in [-0.25, -0.2) is 4.98 Å². The zero-order valence-corrected chi connectivity index (χ0v) is 27.3. The average Bonchev–Trinajstić information content (AvgIpc) is 3.75. The topological polar surface area (TPSA) is 26.0 Å². The molecule has 234 valence electrons. The zero-order chi connectivity index (χ0) is 33.0. The fourth-order valence-corrected chi connectivity index (χ4v) is 7.95. The first kappa shape index (κ1) is 28.5. The number of fused-ring (bicyclic) bond motifs is 6. The molecule has 2 heterocycles. The van der Waals surface area contributed by atoms with E-state index in [0.29, 0.717) is 0 Å². The van der Waals surface area contributed by atoms with Gasteiger partial charge in [-0.05, 0) is 80.4 Å². The van der Waals surface area contributed by atoms with Gasteiger partial charge in [0.1, 0.15) is 11.2 Å². The molecule has 1 aliphatic carbocycles. The molecule has 1 aliphatic rings. The van der Waals surface area contributed by atoms with E-state index in [2.05, 4.69) is 170 Å². The first-order chi connectivity index (χ1) is 24.8. The number of aromatic nitrogens is 1. The van der Waals surface area contributed by atoms with E-state index in [-0.39, 0.29) is 5.92 Å². The van der Waals surface area contributed by atoms with Crippen molar-refractivity contribution in [1.82, 2.24) is 4.98 Å². The number of hydrogen-bond donors (Lipinski definition) is 0. The van der Waals surface area contributed by atoms with E-state index >= 15 is 0 Å². The molecule has 1 unspecified atom stereocenters. The van der Waals surface area contributed by atoms with Crippen LogP contribution < -0.4 is 0 Å². The molecule has 0 amide bonds. The van der Waals surface area contributed by atoms with Gasteiger partial charge in [-0.3, -0.25) is 0 Å². The average molecular weight is 638 g/mol. The molecule has 2 nitrogen and oxygen atoms in total. The van der Waals surface area contributed by atoms with Crippen LogP contribution in [0.4, 0.5) is 0 Å². The Balaban J connectivity index is 1.24. The number of hydrogen-bond acceptors (Lipinski definition) is 2. The number of para-hydroxylation sites is 1. The summed E-state index contributed by atoms with van der Waals surface area (Å²) in [6, 6.07) is 65.0. The minimum Gasteiger partial charge on any atom is -0.456 e. The van der Waals surface area contributed by atoms with Crippen molar-refractivity contribution in [2.45, 2.75) is 5.92 Å². The molecule has 9 aromatic rings. The molecular formula is C48H31NO. The number of pyridine rings is 1. The number of benzene rings is 7. The molecule has 50 heavy (non-hydrogen) atoms. The second kappa shape index (κ2) is 11.6. The number of nitrogens with zero attached hydrogens (tertiary/aromatic N) is 1. The van der Waals surface area contributed by atoms with E-state index in [4.69, 9.17) is 9.40 Å². The Hall–Kier alpha value is -6.51. The van der Waals surface area contributed by atoms with Crippen molar-refractivity contribution in [2.24, 2.45) is 0 Å². The summed E-state index contributed by atoms with van der Waals surface area (Å²) in [5.41, 5.74) is 17.0. The van der Waals surface area contributed by atoms with Crippen LogP contribution in [0.1, 0.15) is 22.6 Å². The van der Waals surface area contributed by atoms with Gasteiger partial charge in [0, 0.05) is 27.8 Å². The lowest BCUT2D eigenvalue weighted by atomic mass is 9.84. The molecule has 2 heteroatoms. The minimum atomic E-state index is 0.126. The van der Waals surface area contributed by atoms with E-state index in [1.54, 1.807) is 0 Å². The molecule has 0 saturated carbocycles. The maximum Gasteiger partial charge on any atom is 0.136 e. The summed E-state index contributed by atoms with van der Waals surface area (Å²) >= 11 is 0. The van der Waals surface area contributed by atoms with Crippen LogP contribution in [0.25, 0.3) is 77.8 Å². The molecule has 7 aromatic carbocycles. The van der Waals surface area contributed by atoms with Crippen LogP contribution in [-0.2, 0) is 0 Å². The third-order valence-corrected chi connectivity index (χ3v) is 10.2. The molecule has 0 saturated heterocycles. The van der Waals surface area contributed by atoms with Crippen molar-refractivity contribution in [2.75, 3.05) is 0 Å². The maximum atomic E-state index is 6.34. The molecule has 0 N–H and O–H groups in total. The second-order valence-corrected chi connectivity index (χ2v) is 13.0. The molecule has 2 aromatic heterocycles. The van der Waals surface area contributed by atoms with Crippen molar-refractivity contribution >= 4 is 21.9 Å². The van der Waals surface area contributed by atoms with Gasteiger partial charge in [-0.15, -0.1) is 0 Å². The Kier molecular flexibility index (Phi) is 6.60. The van der Waals surface area contributed by atoms with Crippen molar-refractivity contribution < 1.29 is 4.42 Å². The largest absolute Gasteiger partial charge is 0.456 e. The smallest absolute Gasteiger partial charge is 0.136 e. The van der Waals surface area contributed by atoms with Crippen LogP contribution in [0.15, 0.2) is 186 Å². The monoisotopic (exact) mass is 637 g/mol. The Labute approximate surface area is 291 Å². The van der Waals surface area contributed by atoms with E-state index < -0.39 is 0 Å². The minimum absolute atomic E-state index is 0.126. The zero-order valence-electron chi connectivity index (χ0n) is 27.3. The first-order valence-corrected chi connectivity index (χ1v) is 17.2. The SMILES string of the molecule is c1ccc(-c2cccc(-c3cc(-c4cccc5c4C(c4ccccc4)c4ccccc4-5)cc(-c4cccc5oc6ccccc6c45)n3)c2)cc1. The van der Waals surface area contributed by atoms with Crippen molar-refractivity contribution in [3.63, 3.8) is 0 Å². The summed E-state index contributed by atoms with van der Waals surface area (Å²) in [7, 11) is 0. The normalized spacial score (nSPS) is 13.4. The standard InChI is InChI=1S/C48H31NO/c1-3-14-31(15-4-1)33-18-11-19-34(28-33)42-29-35(30-43(49-42)40-25-13-27-45-47(40)41-22-9-10-26-44(41)50-45)36-23-12-24-39-37-20-7-8-21-38(37)46(48(36)39)32-16-5-2-6-17-32/h1-30,46H. The second-order valence-electron chi connectivity index (χ2n) is 13.0. The van der Waals surface area contributed by atoms with Gasteiger partial charge in [0.2, 0.25) is 0 Å². The number of rotatable bonds is 5. The van der Waals surface area contributed by atoms with Crippen LogP contribution in [0.3, 0.4) is 0 Å². The lowest BCUT2D eigenvalue weighted by Gasteiger charge is -2.19. The molecule has 0 aliphatic heterocycles. The Morgan fingerprint density at radius 3 is 1.92 bits per heavy atom. The van der Waals surface area contributed by atoms with Gasteiger partial charge < -0.3 is 4.42 Å². The van der Waals surface area contributed by atoms with Crippen LogP contribution in [0.5, 0.6) is 0 Å². The van der Waals surface area contributed by atoms with Gasteiger partial charge in [0.15, 0.2) is 0 Å². The molecule has 0 fully saturated rings. The highest BCUT2D eigenvalue weighted by Crippen LogP contribution is 2.52. The highest BCUT2D eigenvalue weighted by atomic mass is 16.3. The predicted octanol–water partition coefficient (Wildman–Crippen LogP) is 12.8. The molecule has 1 atom stereocenters. The summed E-state index contributed by atoms with van der Waals surface area (Å²) in [6.07, 6.45) is 0. The van der Waals surface area contributed by atoms with Crippen LogP contribution in [0, 0.1) is 0 Å². The van der Waals surface area contributed by atoms with Crippen molar-refractivity contribution in [1.29, 1.82) is 0 Å². The molecular weight excluding hydrogens is 607 g/mol. The van der Waals surface area contributed by atoms with Crippen LogP contribution in [0.2, 0.25) is 0 Å². The molecule has 0 bridgehead atoms. The Bertz CT molecular complexity index is 2710. The van der Waals surface area contributed by atoms with Crippen LogP contribution in [-0.4, -0.2) is 4.98 Å². The first-order valence-electron chi connectivity index (χ1n) is 17.2. The van der Waals surface area contributed by atoms with Gasteiger partial charge in [0.05, 0.1) is 11.4 Å². The summed E-state index contributed by atoms with van der Waals surface area (Å²) in [6.45, 7) is 0. The van der Waals surface area contributed by atoms with Gasteiger partial charge >= 0.3 is 0 Å². The highest BCUT2D eigenvalue weighted by molar-refractivity contribution is 6.12. The Morgan fingerprint density at radius 2 is 1.02 bits per heavy atom. The summed E-state index contributed by atoms with van der Waals surface area (Å²) in [4.78, 5) is 5.44. The molecule has 0 spiro atoms. The lowest BCUT2D eigenvalue weighted by Crippen LogP contribution is -2.01. The third kappa shape index (κ3) is 4.61. The third-order valence-electron chi connectivity index (χ3n) is 10.2. The maximum absolute atomic E-state index is 6.34. The summed E-state index contributed by atoms with van der Waals surface area (Å²) in [5, 5.41) is 2.18. The quantitative estimate of drug-likeness (QED) is 0.188. The predicted molar refractivity (Wildman–Crippen MR) is 206 cm³/mol. The molecule has 10 rings (SSSR count). The fraction of sp³-hybridized carbons (Fsp3) is 0.0208. The van der Waals surface area contributed by atoms with Gasteiger partial charge in [-0.1, -0.05) is 152 Å². The van der Waals surface area contributed by atoms with Crippen molar-refractivity contribution in [3.05, 3.63) is 199 Å². The fourth-order valence-electron chi connectivity index (χ4n) is 7.95. The van der Waals surface area contributed by atoms with Crippen LogP contribution >= 0.6 is 0 Å². The number of furan rings is 1.